The van der Waals surface area contributed by atoms with E-state index in [1.54, 1.807) is 0 Å². The Labute approximate surface area is 311 Å². The SMILES string of the molecule is CC/C=C/C/C=C/C/C=C/C/C=C/C/C=C/CCCCCCC(=O)OC(COCCC(C(=O)O)[N+](C)(C)C)COC(=O)CCCCCCCCC. The number of carbonyl (C=O) groups is 3. The molecule has 2 atom stereocenters. The van der Waals surface area contributed by atoms with Crippen LogP contribution in [0.2, 0.25) is 0 Å². The number of carboxylic acids is 1. The number of ether oxygens (including phenoxy) is 3. The first-order chi connectivity index (χ1) is 24.6. The first kappa shape index (κ1) is 48.0. The van der Waals surface area contributed by atoms with E-state index in [0.29, 0.717) is 19.3 Å². The van der Waals surface area contributed by atoms with E-state index in [9.17, 15) is 19.5 Å². The van der Waals surface area contributed by atoms with Crippen molar-refractivity contribution in [3.8, 4) is 0 Å². The van der Waals surface area contributed by atoms with Crippen LogP contribution < -0.4 is 0 Å². The van der Waals surface area contributed by atoms with Crippen molar-refractivity contribution in [1.29, 1.82) is 0 Å². The van der Waals surface area contributed by atoms with Gasteiger partial charge in [-0.15, -0.1) is 0 Å². The average molecular weight is 717 g/mol. The lowest BCUT2D eigenvalue weighted by atomic mass is 10.1. The van der Waals surface area contributed by atoms with Gasteiger partial charge in [0.05, 0.1) is 34.4 Å². The predicted octanol–water partition coefficient (Wildman–Crippen LogP) is 10.2. The molecule has 0 fully saturated rings. The quantitative estimate of drug-likeness (QED) is 0.0306. The smallest absolute Gasteiger partial charge is 0.362 e. The van der Waals surface area contributed by atoms with Gasteiger partial charge in [0.15, 0.2) is 12.1 Å². The Morgan fingerprint density at radius 2 is 1.10 bits per heavy atom. The molecule has 0 spiro atoms. The molecule has 8 heteroatoms. The van der Waals surface area contributed by atoms with Crippen molar-refractivity contribution in [2.24, 2.45) is 0 Å². The molecule has 1 N–H and O–H groups in total. The van der Waals surface area contributed by atoms with E-state index in [-0.39, 0.29) is 36.2 Å². The summed E-state index contributed by atoms with van der Waals surface area (Å²) in [7, 11) is 5.50. The molecule has 0 aromatic carbocycles. The Balaban J connectivity index is 4.38. The molecule has 0 aliphatic rings. The van der Waals surface area contributed by atoms with Crippen LogP contribution in [0.15, 0.2) is 60.8 Å². The highest BCUT2D eigenvalue weighted by Crippen LogP contribution is 2.12. The number of carbonyl (C=O) groups excluding carboxylic acids is 2. The van der Waals surface area contributed by atoms with Gasteiger partial charge in [-0.25, -0.2) is 4.79 Å². The van der Waals surface area contributed by atoms with E-state index in [0.717, 1.165) is 83.5 Å². The molecule has 0 saturated carbocycles. The molecule has 0 aliphatic carbocycles. The Kier molecular flexibility index (Phi) is 32.1. The average Bonchev–Trinajstić information content (AvgIpc) is 3.08. The minimum absolute atomic E-state index is 0.0488. The fourth-order valence-corrected chi connectivity index (χ4v) is 5.35. The maximum atomic E-state index is 12.6. The van der Waals surface area contributed by atoms with E-state index >= 15 is 0 Å². The highest BCUT2D eigenvalue weighted by molar-refractivity contribution is 5.72. The Morgan fingerprint density at radius 1 is 0.608 bits per heavy atom. The maximum absolute atomic E-state index is 12.6. The van der Waals surface area contributed by atoms with Crippen LogP contribution in [0.3, 0.4) is 0 Å². The van der Waals surface area contributed by atoms with Crippen molar-refractivity contribution in [3.05, 3.63) is 60.8 Å². The van der Waals surface area contributed by atoms with Crippen LogP contribution in [0.4, 0.5) is 0 Å². The van der Waals surface area contributed by atoms with Crippen LogP contribution in [0.1, 0.15) is 142 Å². The summed E-state index contributed by atoms with van der Waals surface area (Å²) in [5, 5.41) is 9.57. The number of rotatable bonds is 34. The summed E-state index contributed by atoms with van der Waals surface area (Å²) in [6.45, 7) is 4.53. The highest BCUT2D eigenvalue weighted by atomic mass is 16.6. The van der Waals surface area contributed by atoms with Crippen molar-refractivity contribution < 1.29 is 38.2 Å². The van der Waals surface area contributed by atoms with Crippen LogP contribution in [-0.2, 0) is 28.6 Å². The number of hydrogen-bond donors (Lipinski definition) is 1. The lowest BCUT2D eigenvalue weighted by Gasteiger charge is -2.31. The molecule has 0 saturated heterocycles. The van der Waals surface area contributed by atoms with Crippen molar-refractivity contribution in [2.45, 2.75) is 154 Å². The Morgan fingerprint density at radius 3 is 1.63 bits per heavy atom. The molecule has 0 bridgehead atoms. The van der Waals surface area contributed by atoms with E-state index in [1.807, 2.05) is 21.1 Å². The zero-order valence-electron chi connectivity index (χ0n) is 33.0. The lowest BCUT2D eigenvalue weighted by molar-refractivity contribution is -0.887. The van der Waals surface area contributed by atoms with Crippen LogP contribution >= 0.6 is 0 Å². The van der Waals surface area contributed by atoms with E-state index in [1.165, 1.54) is 25.7 Å². The summed E-state index contributed by atoms with van der Waals surface area (Å²) in [6.07, 6.45) is 39.9. The van der Waals surface area contributed by atoms with Gasteiger partial charge in [-0.05, 0) is 57.8 Å². The molecule has 0 radical (unpaired) electrons. The molecule has 2 unspecified atom stereocenters. The number of likely N-dealkylation sites (N-methyl/N-ethyl adjacent to an activating group) is 1. The van der Waals surface area contributed by atoms with Crippen LogP contribution in [0.25, 0.3) is 0 Å². The summed E-state index contributed by atoms with van der Waals surface area (Å²) < 4.78 is 17.1. The molecule has 51 heavy (non-hydrogen) atoms. The minimum atomic E-state index is -0.883. The molecule has 0 aromatic rings. The standard InChI is InChI=1S/C43H73NO7/c1-6-8-10-12-14-15-16-17-18-19-20-21-22-23-24-25-26-28-30-32-34-42(46)51-39(37-49-36-35-40(43(47)48)44(3,4)5)38-50-41(45)33-31-29-27-13-11-9-7-2/h8,10,14-15,17-18,20-21,23-24,39-40H,6-7,9,11-13,16,19,22,25-38H2,1-5H3/p+1/b10-8+,15-14+,18-17+,21-20+,24-23+. The third-order valence-corrected chi connectivity index (χ3v) is 8.43. The molecule has 0 rings (SSSR count). The van der Waals surface area contributed by atoms with Gasteiger partial charge in [0.1, 0.15) is 6.61 Å². The molecular formula is C43H74NO7+. The number of unbranched alkanes of at least 4 members (excludes halogenated alkanes) is 10. The normalized spacial score (nSPS) is 13.7. The zero-order valence-corrected chi connectivity index (χ0v) is 33.0. The molecule has 8 nitrogen and oxygen atoms in total. The van der Waals surface area contributed by atoms with E-state index in [2.05, 4.69) is 74.6 Å². The summed E-state index contributed by atoms with van der Waals surface area (Å²) in [5.41, 5.74) is 0. The summed E-state index contributed by atoms with van der Waals surface area (Å²) in [6, 6.07) is -0.619. The first-order valence-electron chi connectivity index (χ1n) is 19.8. The number of esters is 2. The third-order valence-electron chi connectivity index (χ3n) is 8.43. The second-order valence-corrected chi connectivity index (χ2v) is 14.2. The fraction of sp³-hybridized carbons (Fsp3) is 0.698. The number of aliphatic carboxylic acids is 1. The largest absolute Gasteiger partial charge is 0.477 e. The molecule has 0 aromatic heterocycles. The van der Waals surface area contributed by atoms with Crippen LogP contribution in [-0.4, -0.2) is 80.6 Å². The van der Waals surface area contributed by atoms with Gasteiger partial charge in [0.25, 0.3) is 0 Å². The maximum Gasteiger partial charge on any atom is 0.362 e. The second-order valence-electron chi connectivity index (χ2n) is 14.2. The van der Waals surface area contributed by atoms with Crippen molar-refractivity contribution in [2.75, 3.05) is 41.0 Å². The van der Waals surface area contributed by atoms with E-state index < -0.39 is 18.1 Å². The van der Waals surface area contributed by atoms with Crippen LogP contribution in [0, 0.1) is 0 Å². The summed E-state index contributed by atoms with van der Waals surface area (Å²) >= 11 is 0. The van der Waals surface area contributed by atoms with Gasteiger partial charge < -0.3 is 23.8 Å². The number of allylic oxidation sites excluding steroid dienone is 10. The highest BCUT2D eigenvalue weighted by Gasteiger charge is 2.31. The van der Waals surface area contributed by atoms with Gasteiger partial charge in [-0.3, -0.25) is 9.59 Å². The first-order valence-corrected chi connectivity index (χ1v) is 19.8. The fourth-order valence-electron chi connectivity index (χ4n) is 5.35. The molecular weight excluding hydrogens is 642 g/mol. The van der Waals surface area contributed by atoms with E-state index in [4.69, 9.17) is 14.2 Å². The lowest BCUT2D eigenvalue weighted by Crippen LogP contribution is -2.50. The molecule has 292 valence electrons. The summed E-state index contributed by atoms with van der Waals surface area (Å²) in [5.74, 6) is -1.52. The topological polar surface area (TPSA) is 99.1 Å². The molecule has 0 amide bonds. The van der Waals surface area contributed by atoms with Crippen molar-refractivity contribution in [3.63, 3.8) is 0 Å². The molecule has 0 heterocycles. The zero-order chi connectivity index (χ0) is 37.8. The monoisotopic (exact) mass is 717 g/mol. The minimum Gasteiger partial charge on any atom is -0.477 e. The van der Waals surface area contributed by atoms with Gasteiger partial charge in [-0.2, -0.15) is 0 Å². The predicted molar refractivity (Wildman–Crippen MR) is 211 cm³/mol. The summed E-state index contributed by atoms with van der Waals surface area (Å²) in [4.78, 5) is 36.7. The Bertz CT molecular complexity index is 1020. The number of hydrogen-bond acceptors (Lipinski definition) is 6. The molecule has 0 aliphatic heterocycles. The van der Waals surface area contributed by atoms with Gasteiger partial charge in [0, 0.05) is 19.3 Å². The van der Waals surface area contributed by atoms with Gasteiger partial charge in [-0.1, -0.05) is 126 Å². The number of nitrogens with zero attached hydrogens (tertiary/aromatic N) is 1. The second kappa shape index (κ2) is 34.1. The van der Waals surface area contributed by atoms with Crippen LogP contribution in [0.5, 0.6) is 0 Å². The number of carboxylic acid groups (broad SMARTS) is 1. The third kappa shape index (κ3) is 32.7. The van der Waals surface area contributed by atoms with Gasteiger partial charge >= 0.3 is 17.9 Å². The van der Waals surface area contributed by atoms with Crippen molar-refractivity contribution in [1.82, 2.24) is 0 Å². The van der Waals surface area contributed by atoms with Gasteiger partial charge in [0.2, 0.25) is 0 Å². The number of quaternary nitrogens is 1. The van der Waals surface area contributed by atoms with Crippen molar-refractivity contribution >= 4 is 17.9 Å². The Hall–Kier alpha value is -2.97.